The first-order chi connectivity index (χ1) is 7.97. The molecule has 0 saturated carbocycles. The molecule has 0 radical (unpaired) electrons. The van der Waals surface area contributed by atoms with Gasteiger partial charge in [0.25, 0.3) is 0 Å². The molecule has 4 nitrogen and oxygen atoms in total. The van der Waals surface area contributed by atoms with Crippen LogP contribution in [0.15, 0.2) is 29.2 Å². The molecule has 3 N–H and O–H groups in total. The van der Waals surface area contributed by atoms with Gasteiger partial charge in [-0.25, -0.2) is 13.1 Å². The van der Waals surface area contributed by atoms with Gasteiger partial charge in [0.2, 0.25) is 10.0 Å². The van der Waals surface area contributed by atoms with Crippen LogP contribution in [-0.4, -0.2) is 21.0 Å². The summed E-state index contributed by atoms with van der Waals surface area (Å²) in [5.74, 6) is 0. The van der Waals surface area contributed by atoms with Crippen LogP contribution in [0.4, 0.5) is 0 Å². The van der Waals surface area contributed by atoms with Crippen molar-refractivity contribution in [2.75, 3.05) is 6.54 Å². The first-order valence-corrected chi connectivity index (χ1v) is 7.29. The lowest BCUT2D eigenvalue weighted by atomic mass is 10.2. The molecule has 0 heterocycles. The molecule has 96 valence electrons. The van der Waals surface area contributed by atoms with Crippen LogP contribution in [0.5, 0.6) is 0 Å². The van der Waals surface area contributed by atoms with Gasteiger partial charge in [0.05, 0.1) is 4.90 Å². The molecule has 0 amide bonds. The molecule has 0 aliphatic rings. The zero-order valence-corrected chi connectivity index (χ0v) is 11.1. The molecule has 1 rings (SSSR count). The number of nitrogens with two attached hydrogens (primary N) is 1. The molecule has 5 heteroatoms. The van der Waals surface area contributed by atoms with E-state index in [-0.39, 0.29) is 6.04 Å². The van der Waals surface area contributed by atoms with E-state index < -0.39 is 10.0 Å². The third kappa shape index (κ3) is 4.11. The summed E-state index contributed by atoms with van der Waals surface area (Å²) in [6.45, 7) is 4.17. The zero-order valence-electron chi connectivity index (χ0n) is 10.3. The molecule has 0 saturated heterocycles. The fourth-order valence-electron chi connectivity index (χ4n) is 1.56. The Labute approximate surface area is 103 Å². The predicted octanol–water partition coefficient (Wildman–Crippen LogP) is 1.26. The van der Waals surface area contributed by atoms with Gasteiger partial charge in [-0.2, -0.15) is 0 Å². The lowest BCUT2D eigenvalue weighted by Gasteiger charge is -2.11. The van der Waals surface area contributed by atoms with E-state index in [1.165, 1.54) is 0 Å². The number of aryl methyl sites for hydroxylation is 1. The van der Waals surface area contributed by atoms with Crippen molar-refractivity contribution in [2.45, 2.75) is 37.6 Å². The fraction of sp³-hybridized carbons (Fsp3) is 0.500. The highest BCUT2D eigenvalue weighted by molar-refractivity contribution is 7.89. The van der Waals surface area contributed by atoms with Crippen molar-refractivity contribution >= 4 is 10.0 Å². The Morgan fingerprint density at radius 2 is 2.00 bits per heavy atom. The van der Waals surface area contributed by atoms with E-state index in [2.05, 4.69) is 4.72 Å². The normalized spacial score (nSPS) is 13.6. The molecular formula is C12H20N2O2S. The van der Waals surface area contributed by atoms with Gasteiger partial charge in [0.15, 0.2) is 0 Å². The van der Waals surface area contributed by atoms with Crippen LogP contribution >= 0.6 is 0 Å². The van der Waals surface area contributed by atoms with E-state index in [0.29, 0.717) is 24.3 Å². The van der Waals surface area contributed by atoms with Crippen LogP contribution in [0.25, 0.3) is 0 Å². The number of benzene rings is 1. The van der Waals surface area contributed by atoms with Crippen LogP contribution < -0.4 is 10.5 Å². The molecule has 17 heavy (non-hydrogen) atoms. The van der Waals surface area contributed by atoms with Gasteiger partial charge in [-0.05, 0) is 31.4 Å². The number of hydrogen-bond donors (Lipinski definition) is 2. The molecule has 1 aromatic carbocycles. The number of sulfonamides is 1. The van der Waals surface area contributed by atoms with Crippen LogP contribution in [0.2, 0.25) is 0 Å². The molecule has 0 aromatic heterocycles. The Balaban J connectivity index is 2.82. The van der Waals surface area contributed by atoms with E-state index in [9.17, 15) is 8.42 Å². The summed E-state index contributed by atoms with van der Waals surface area (Å²) in [6, 6.07) is 7.05. The van der Waals surface area contributed by atoms with Crippen molar-refractivity contribution in [1.29, 1.82) is 0 Å². The zero-order chi connectivity index (χ0) is 12.9. The maximum atomic E-state index is 12.0. The van der Waals surface area contributed by atoms with E-state index in [4.69, 9.17) is 5.73 Å². The minimum atomic E-state index is -3.40. The van der Waals surface area contributed by atoms with Gasteiger partial charge >= 0.3 is 0 Å². The van der Waals surface area contributed by atoms with Gasteiger partial charge in [-0.3, -0.25) is 0 Å². The minimum Gasteiger partial charge on any atom is -0.328 e. The van der Waals surface area contributed by atoms with Crippen molar-refractivity contribution in [3.05, 3.63) is 29.8 Å². The molecule has 1 unspecified atom stereocenters. The van der Waals surface area contributed by atoms with Gasteiger partial charge in [0.1, 0.15) is 0 Å². The lowest BCUT2D eigenvalue weighted by molar-refractivity contribution is 0.571. The maximum Gasteiger partial charge on any atom is 0.240 e. The summed E-state index contributed by atoms with van der Waals surface area (Å²) in [5.41, 5.74) is 6.42. The monoisotopic (exact) mass is 256 g/mol. The second kappa shape index (κ2) is 6.14. The van der Waals surface area contributed by atoms with Crippen LogP contribution in [0.3, 0.4) is 0 Å². The van der Waals surface area contributed by atoms with Crippen LogP contribution in [-0.2, 0) is 16.4 Å². The highest BCUT2D eigenvalue weighted by Crippen LogP contribution is 2.15. The molecule has 0 aliphatic heterocycles. The fourth-order valence-corrected chi connectivity index (χ4v) is 2.91. The number of nitrogens with one attached hydrogen (secondary N) is 1. The second-order valence-corrected chi connectivity index (χ2v) is 5.86. The average Bonchev–Trinajstić information content (AvgIpc) is 2.28. The highest BCUT2D eigenvalue weighted by Gasteiger charge is 2.16. The molecule has 1 atom stereocenters. The van der Waals surface area contributed by atoms with Crippen molar-refractivity contribution in [2.24, 2.45) is 5.73 Å². The Morgan fingerprint density at radius 1 is 1.35 bits per heavy atom. The second-order valence-electron chi connectivity index (χ2n) is 4.13. The average molecular weight is 256 g/mol. The van der Waals surface area contributed by atoms with Gasteiger partial charge in [-0.15, -0.1) is 0 Å². The predicted molar refractivity (Wildman–Crippen MR) is 69.3 cm³/mol. The van der Waals surface area contributed by atoms with Crippen molar-refractivity contribution < 1.29 is 8.42 Å². The third-order valence-corrected chi connectivity index (χ3v) is 4.10. The summed E-state index contributed by atoms with van der Waals surface area (Å²) in [7, 11) is -3.40. The first-order valence-electron chi connectivity index (χ1n) is 5.80. The Hall–Kier alpha value is -0.910. The van der Waals surface area contributed by atoms with Crippen LogP contribution in [0, 0.1) is 0 Å². The molecule has 0 spiro atoms. The standard InChI is InChI=1S/C12H20N2O2S/c1-3-11-6-4-5-7-12(11)17(15,16)14-9-8-10(2)13/h4-7,10,14H,3,8-9,13H2,1-2H3. The Kier molecular flexibility index (Phi) is 5.11. The van der Waals surface area contributed by atoms with E-state index in [1.54, 1.807) is 12.1 Å². The van der Waals surface area contributed by atoms with E-state index in [1.807, 2.05) is 26.0 Å². The third-order valence-electron chi connectivity index (χ3n) is 2.53. The Morgan fingerprint density at radius 3 is 2.59 bits per heavy atom. The minimum absolute atomic E-state index is 0.000816. The largest absolute Gasteiger partial charge is 0.328 e. The number of hydrogen-bond acceptors (Lipinski definition) is 3. The van der Waals surface area contributed by atoms with Crippen molar-refractivity contribution in [3.63, 3.8) is 0 Å². The molecule has 0 bridgehead atoms. The lowest BCUT2D eigenvalue weighted by Crippen LogP contribution is -2.29. The van der Waals surface area contributed by atoms with Gasteiger partial charge in [-0.1, -0.05) is 25.1 Å². The summed E-state index contributed by atoms with van der Waals surface area (Å²) < 4.78 is 26.7. The summed E-state index contributed by atoms with van der Waals surface area (Å²) in [4.78, 5) is 0.368. The van der Waals surface area contributed by atoms with E-state index in [0.717, 1.165) is 5.56 Å². The van der Waals surface area contributed by atoms with Crippen molar-refractivity contribution in [3.8, 4) is 0 Å². The van der Waals surface area contributed by atoms with Crippen LogP contribution in [0.1, 0.15) is 25.8 Å². The molecule has 0 aliphatic carbocycles. The van der Waals surface area contributed by atoms with Crippen molar-refractivity contribution in [1.82, 2.24) is 4.72 Å². The smallest absolute Gasteiger partial charge is 0.240 e. The summed E-state index contributed by atoms with van der Waals surface area (Å²) >= 11 is 0. The summed E-state index contributed by atoms with van der Waals surface area (Å²) in [6.07, 6.45) is 1.33. The number of rotatable bonds is 6. The maximum absolute atomic E-state index is 12.0. The van der Waals surface area contributed by atoms with Gasteiger partial charge < -0.3 is 5.73 Å². The van der Waals surface area contributed by atoms with Gasteiger partial charge in [0, 0.05) is 12.6 Å². The SMILES string of the molecule is CCc1ccccc1S(=O)(=O)NCCC(C)N. The highest BCUT2D eigenvalue weighted by atomic mass is 32.2. The molecule has 1 aromatic rings. The topological polar surface area (TPSA) is 72.2 Å². The van der Waals surface area contributed by atoms with E-state index >= 15 is 0 Å². The molecule has 0 fully saturated rings. The Bertz CT molecular complexity index is 455. The summed E-state index contributed by atoms with van der Waals surface area (Å²) in [5, 5.41) is 0. The molecular weight excluding hydrogens is 236 g/mol. The first kappa shape index (κ1) is 14.2. The quantitative estimate of drug-likeness (QED) is 0.805.